The number of halogens is 2. The van der Waals surface area contributed by atoms with Crippen LogP contribution in [0.3, 0.4) is 0 Å². The van der Waals surface area contributed by atoms with Gasteiger partial charge in [-0.25, -0.2) is 9.98 Å². The van der Waals surface area contributed by atoms with Gasteiger partial charge >= 0.3 is 0 Å². The van der Waals surface area contributed by atoms with Gasteiger partial charge in [0.05, 0.1) is 32.6 Å². The van der Waals surface area contributed by atoms with Crippen molar-refractivity contribution in [2.24, 2.45) is 4.99 Å². The molecule has 0 radical (unpaired) electrons. The van der Waals surface area contributed by atoms with E-state index < -0.39 is 4.92 Å². The molecular weight excluding hydrogens is 469 g/mol. The number of benzene rings is 3. The predicted octanol–water partition coefficient (Wildman–Crippen LogP) is 7.45. The normalized spacial score (nSPS) is 11.1. The zero-order chi connectivity index (χ0) is 22.7. The van der Waals surface area contributed by atoms with Gasteiger partial charge in [-0.05, 0) is 54.1 Å². The van der Waals surface area contributed by atoms with E-state index in [9.17, 15) is 10.1 Å². The summed E-state index contributed by atoms with van der Waals surface area (Å²) in [4.78, 5) is 20.6. The average Bonchev–Trinajstić information content (AvgIpc) is 3.23. The minimum absolute atomic E-state index is 0.0240. The maximum Gasteiger partial charge on any atom is 0.269 e. The molecule has 0 saturated carbocycles. The van der Waals surface area contributed by atoms with Crippen LogP contribution < -0.4 is 4.74 Å². The number of nitrogens with zero attached hydrogens (tertiary/aromatic N) is 3. The second-order valence-electron chi connectivity index (χ2n) is 6.60. The fraction of sp³-hybridized carbons (Fsp3) is 0.0435. The summed E-state index contributed by atoms with van der Waals surface area (Å²) in [6.45, 7) is 0. The lowest BCUT2D eigenvalue weighted by atomic mass is 10.1. The van der Waals surface area contributed by atoms with E-state index in [0.29, 0.717) is 26.4 Å². The molecule has 32 heavy (non-hydrogen) atoms. The van der Waals surface area contributed by atoms with Gasteiger partial charge in [0, 0.05) is 29.5 Å². The Balaban J connectivity index is 1.79. The van der Waals surface area contributed by atoms with Gasteiger partial charge < -0.3 is 4.74 Å². The summed E-state index contributed by atoms with van der Waals surface area (Å²) in [5, 5.41) is 12.5. The first-order chi connectivity index (χ1) is 15.5. The lowest BCUT2D eigenvalue weighted by molar-refractivity contribution is -0.384. The SMILES string of the molecule is COc1ccc(-c2nc(N=Cc3c(Cl)cccc3Cl)sc2-c2ccc([N+](=O)[O-])cc2)cc1. The van der Waals surface area contributed by atoms with Crippen molar-refractivity contribution in [2.75, 3.05) is 7.11 Å². The summed E-state index contributed by atoms with van der Waals surface area (Å²) >= 11 is 13.8. The van der Waals surface area contributed by atoms with E-state index in [1.807, 2.05) is 24.3 Å². The molecule has 3 aromatic carbocycles. The van der Waals surface area contributed by atoms with Crippen LogP contribution in [0.1, 0.15) is 5.56 Å². The molecule has 6 nitrogen and oxygen atoms in total. The molecule has 0 saturated heterocycles. The lowest BCUT2D eigenvalue weighted by Crippen LogP contribution is -1.88. The second-order valence-corrected chi connectivity index (χ2v) is 8.39. The molecule has 0 aliphatic carbocycles. The van der Waals surface area contributed by atoms with Crippen LogP contribution in [0.2, 0.25) is 10.0 Å². The van der Waals surface area contributed by atoms with Crippen LogP contribution in [0.15, 0.2) is 71.7 Å². The molecule has 1 heterocycles. The molecule has 0 fully saturated rings. The van der Waals surface area contributed by atoms with Crippen LogP contribution in [-0.4, -0.2) is 23.2 Å². The standard InChI is InChI=1S/C23H15Cl2N3O3S/c1-31-17-11-7-14(8-12-17)21-22(15-5-9-16(10-6-15)28(29)30)32-23(27-21)26-13-18-19(24)3-2-4-20(18)25/h2-13H,1H3. The van der Waals surface area contributed by atoms with Gasteiger partial charge in [0.15, 0.2) is 0 Å². The summed E-state index contributed by atoms with van der Waals surface area (Å²) in [6.07, 6.45) is 1.58. The van der Waals surface area contributed by atoms with E-state index >= 15 is 0 Å². The number of rotatable bonds is 6. The van der Waals surface area contributed by atoms with E-state index in [-0.39, 0.29) is 5.69 Å². The Bertz CT molecular complexity index is 1280. The van der Waals surface area contributed by atoms with Crippen molar-refractivity contribution < 1.29 is 9.66 Å². The van der Waals surface area contributed by atoms with Gasteiger partial charge in [0.1, 0.15) is 5.75 Å². The Morgan fingerprint density at radius 2 is 1.62 bits per heavy atom. The molecule has 0 atom stereocenters. The van der Waals surface area contributed by atoms with Crippen molar-refractivity contribution in [2.45, 2.75) is 0 Å². The number of ether oxygens (including phenoxy) is 1. The minimum Gasteiger partial charge on any atom is -0.497 e. The fourth-order valence-corrected chi connectivity index (χ4v) is 4.43. The zero-order valence-corrected chi connectivity index (χ0v) is 19.0. The van der Waals surface area contributed by atoms with Gasteiger partial charge in [0.2, 0.25) is 5.13 Å². The summed E-state index contributed by atoms with van der Waals surface area (Å²) in [5.41, 5.74) is 3.01. The first-order valence-corrected chi connectivity index (χ1v) is 10.9. The van der Waals surface area contributed by atoms with Gasteiger partial charge in [-0.1, -0.05) is 40.6 Å². The second kappa shape index (κ2) is 9.48. The van der Waals surface area contributed by atoms with Crippen molar-refractivity contribution >= 4 is 51.6 Å². The maximum atomic E-state index is 11.0. The molecule has 0 aliphatic heterocycles. The van der Waals surface area contributed by atoms with Crippen LogP contribution in [0.25, 0.3) is 21.7 Å². The Morgan fingerprint density at radius 3 is 2.22 bits per heavy atom. The van der Waals surface area contributed by atoms with Gasteiger partial charge in [-0.3, -0.25) is 10.1 Å². The molecule has 0 spiro atoms. The lowest BCUT2D eigenvalue weighted by Gasteiger charge is -2.04. The average molecular weight is 484 g/mol. The number of nitro benzene ring substituents is 1. The van der Waals surface area contributed by atoms with Crippen molar-refractivity contribution in [1.29, 1.82) is 0 Å². The van der Waals surface area contributed by atoms with E-state index in [2.05, 4.69) is 4.99 Å². The monoisotopic (exact) mass is 483 g/mol. The highest BCUT2D eigenvalue weighted by atomic mass is 35.5. The highest BCUT2D eigenvalue weighted by Gasteiger charge is 2.16. The number of thiazole rings is 1. The summed E-state index contributed by atoms with van der Waals surface area (Å²) in [5.74, 6) is 0.729. The number of aliphatic imine (C=N–C) groups is 1. The number of aromatic nitrogens is 1. The van der Waals surface area contributed by atoms with E-state index in [0.717, 1.165) is 21.8 Å². The third-order valence-electron chi connectivity index (χ3n) is 4.62. The van der Waals surface area contributed by atoms with Crippen LogP contribution >= 0.6 is 34.5 Å². The number of hydrogen-bond donors (Lipinski definition) is 0. The first-order valence-electron chi connectivity index (χ1n) is 9.34. The largest absolute Gasteiger partial charge is 0.497 e. The molecule has 0 bridgehead atoms. The molecule has 4 rings (SSSR count). The van der Waals surface area contributed by atoms with E-state index in [1.54, 1.807) is 43.7 Å². The summed E-state index contributed by atoms with van der Waals surface area (Å²) in [7, 11) is 1.60. The molecule has 160 valence electrons. The van der Waals surface area contributed by atoms with Crippen LogP contribution in [0, 0.1) is 10.1 Å². The van der Waals surface area contributed by atoms with Gasteiger partial charge in [-0.15, -0.1) is 0 Å². The predicted molar refractivity (Wildman–Crippen MR) is 130 cm³/mol. The molecule has 1 aromatic heterocycles. The molecule has 0 amide bonds. The Hall–Kier alpha value is -3.26. The summed E-state index contributed by atoms with van der Waals surface area (Å²) in [6, 6.07) is 19.1. The van der Waals surface area contributed by atoms with Gasteiger partial charge in [0.25, 0.3) is 5.69 Å². The minimum atomic E-state index is -0.427. The molecule has 9 heteroatoms. The Morgan fingerprint density at radius 1 is 1.00 bits per heavy atom. The van der Waals surface area contributed by atoms with E-state index in [4.69, 9.17) is 32.9 Å². The van der Waals surface area contributed by atoms with Crippen molar-refractivity contribution in [3.8, 4) is 27.4 Å². The van der Waals surface area contributed by atoms with Crippen molar-refractivity contribution in [3.63, 3.8) is 0 Å². The number of nitro groups is 1. The fourth-order valence-electron chi connectivity index (χ4n) is 2.99. The van der Waals surface area contributed by atoms with Gasteiger partial charge in [-0.2, -0.15) is 0 Å². The topological polar surface area (TPSA) is 77.6 Å². The number of methoxy groups -OCH3 is 1. The first kappa shape index (κ1) is 22.0. The quantitative estimate of drug-likeness (QED) is 0.162. The maximum absolute atomic E-state index is 11.0. The molecule has 0 N–H and O–H groups in total. The summed E-state index contributed by atoms with van der Waals surface area (Å²) < 4.78 is 5.24. The van der Waals surface area contributed by atoms with Crippen molar-refractivity contribution in [1.82, 2.24) is 4.98 Å². The Kier molecular flexibility index (Phi) is 6.50. The van der Waals surface area contributed by atoms with Crippen LogP contribution in [0.4, 0.5) is 10.8 Å². The zero-order valence-electron chi connectivity index (χ0n) is 16.7. The smallest absolute Gasteiger partial charge is 0.269 e. The third-order valence-corrected chi connectivity index (χ3v) is 6.30. The third kappa shape index (κ3) is 4.65. The molecule has 0 aliphatic rings. The number of non-ortho nitro benzene ring substituents is 1. The van der Waals surface area contributed by atoms with Crippen LogP contribution in [-0.2, 0) is 0 Å². The molecule has 0 unspecified atom stereocenters. The number of hydrogen-bond acceptors (Lipinski definition) is 6. The molecular formula is C23H15Cl2N3O3S. The molecule has 4 aromatic rings. The highest BCUT2D eigenvalue weighted by Crippen LogP contribution is 2.41. The highest BCUT2D eigenvalue weighted by molar-refractivity contribution is 7.19. The Labute approximate surface area is 197 Å². The van der Waals surface area contributed by atoms with Crippen LogP contribution in [0.5, 0.6) is 5.75 Å². The van der Waals surface area contributed by atoms with Crippen molar-refractivity contribution in [3.05, 3.63) is 92.5 Å². The van der Waals surface area contributed by atoms with E-state index in [1.165, 1.54) is 23.5 Å².